The summed E-state index contributed by atoms with van der Waals surface area (Å²) in [5.41, 5.74) is 2.18. The molecule has 0 fully saturated rings. The third kappa shape index (κ3) is 2.77. The van der Waals surface area contributed by atoms with Crippen molar-refractivity contribution < 1.29 is 9.53 Å². The third-order valence-electron chi connectivity index (χ3n) is 3.62. The highest BCUT2D eigenvalue weighted by Crippen LogP contribution is 2.26. The van der Waals surface area contributed by atoms with E-state index in [4.69, 9.17) is 4.74 Å². The van der Waals surface area contributed by atoms with Crippen LogP contribution in [0.5, 0.6) is 0 Å². The van der Waals surface area contributed by atoms with Gasteiger partial charge in [-0.3, -0.25) is 0 Å². The molecular formula is C17H12N4O2S. The van der Waals surface area contributed by atoms with E-state index in [-0.39, 0.29) is 12.6 Å². The highest BCUT2D eigenvalue weighted by Gasteiger charge is 2.11. The molecule has 2 aromatic heterocycles. The molecule has 0 aliphatic carbocycles. The van der Waals surface area contributed by atoms with Gasteiger partial charge in [-0.15, -0.1) is 16.4 Å². The molecule has 0 saturated carbocycles. The number of thiophene rings is 1. The average Bonchev–Trinajstić information content (AvgIpc) is 3.30. The summed E-state index contributed by atoms with van der Waals surface area (Å²) in [7, 11) is 0. The molecule has 4 rings (SSSR count). The molecule has 6 nitrogen and oxygen atoms in total. The normalized spacial score (nSPS) is 10.8. The fraction of sp³-hybridized carbons (Fsp3) is 0.0588. The average molecular weight is 336 g/mol. The van der Waals surface area contributed by atoms with E-state index in [9.17, 15) is 4.79 Å². The van der Waals surface area contributed by atoms with Crippen molar-refractivity contribution in [2.24, 2.45) is 0 Å². The molecule has 2 aromatic carbocycles. The second-order valence-electron chi connectivity index (χ2n) is 5.14. The molecule has 0 bridgehead atoms. The second kappa shape index (κ2) is 6.21. The molecule has 118 valence electrons. The van der Waals surface area contributed by atoms with E-state index >= 15 is 0 Å². The Balaban J connectivity index is 1.51. The van der Waals surface area contributed by atoms with E-state index in [0.717, 1.165) is 10.9 Å². The molecule has 0 atom stereocenters. The Kier molecular flexibility index (Phi) is 3.76. The first-order valence-electron chi connectivity index (χ1n) is 7.27. The lowest BCUT2D eigenvalue weighted by Gasteiger charge is -2.06. The molecule has 2 heterocycles. The maximum atomic E-state index is 12.3. The summed E-state index contributed by atoms with van der Waals surface area (Å²) in [6.45, 7) is 0.248. The van der Waals surface area contributed by atoms with Crippen LogP contribution < -0.4 is 0 Å². The van der Waals surface area contributed by atoms with Gasteiger partial charge in [0.15, 0.2) is 0 Å². The van der Waals surface area contributed by atoms with Gasteiger partial charge in [-0.2, -0.15) is 0 Å². The lowest BCUT2D eigenvalue weighted by atomic mass is 10.2. The SMILES string of the molecule is O=C(OCc1csc2ccccc12)c1cccc(-n2cnnn2)c1. The zero-order chi connectivity index (χ0) is 16.4. The molecule has 0 aliphatic rings. The number of hydrogen-bond donors (Lipinski definition) is 0. The highest BCUT2D eigenvalue weighted by atomic mass is 32.1. The molecule has 0 saturated heterocycles. The van der Waals surface area contributed by atoms with Crippen LogP contribution in [0.1, 0.15) is 15.9 Å². The predicted molar refractivity (Wildman–Crippen MR) is 90.1 cm³/mol. The van der Waals surface area contributed by atoms with Crippen molar-refractivity contribution in [3.8, 4) is 5.69 Å². The molecule has 0 spiro atoms. The van der Waals surface area contributed by atoms with Crippen molar-refractivity contribution in [2.75, 3.05) is 0 Å². The van der Waals surface area contributed by atoms with Gasteiger partial charge in [0.2, 0.25) is 0 Å². The van der Waals surface area contributed by atoms with Crippen molar-refractivity contribution in [3.05, 3.63) is 71.4 Å². The zero-order valence-electron chi connectivity index (χ0n) is 12.5. The van der Waals surface area contributed by atoms with Gasteiger partial charge in [-0.25, -0.2) is 9.48 Å². The lowest BCUT2D eigenvalue weighted by Crippen LogP contribution is -2.06. The minimum atomic E-state index is -0.375. The molecule has 4 aromatic rings. The van der Waals surface area contributed by atoms with E-state index in [0.29, 0.717) is 11.3 Å². The molecule has 7 heteroatoms. The van der Waals surface area contributed by atoms with E-state index in [2.05, 4.69) is 21.6 Å². The number of carbonyl (C=O) groups excluding carboxylic acids is 1. The fourth-order valence-electron chi connectivity index (χ4n) is 2.43. The van der Waals surface area contributed by atoms with Crippen molar-refractivity contribution in [1.29, 1.82) is 0 Å². The molecular weight excluding hydrogens is 324 g/mol. The van der Waals surface area contributed by atoms with Crippen molar-refractivity contribution in [1.82, 2.24) is 20.2 Å². The number of fused-ring (bicyclic) bond motifs is 1. The molecule has 24 heavy (non-hydrogen) atoms. The number of rotatable bonds is 4. The van der Waals surface area contributed by atoms with Crippen LogP contribution in [0, 0.1) is 0 Å². The van der Waals surface area contributed by atoms with Gasteiger partial charge in [-0.05, 0) is 45.5 Å². The number of ether oxygens (including phenoxy) is 1. The van der Waals surface area contributed by atoms with Crippen molar-refractivity contribution in [3.63, 3.8) is 0 Å². The summed E-state index contributed by atoms with van der Waals surface area (Å²) in [5.74, 6) is -0.375. The monoisotopic (exact) mass is 336 g/mol. The molecule has 0 radical (unpaired) electrons. The van der Waals surface area contributed by atoms with Crippen LogP contribution in [-0.2, 0) is 11.3 Å². The van der Waals surface area contributed by atoms with Gasteiger partial charge >= 0.3 is 5.97 Å². The Bertz CT molecular complexity index is 995. The number of tetrazole rings is 1. The summed E-state index contributed by atoms with van der Waals surface area (Å²) >= 11 is 1.65. The lowest BCUT2D eigenvalue weighted by molar-refractivity contribution is 0.0474. The fourth-order valence-corrected chi connectivity index (χ4v) is 3.37. The molecule has 0 N–H and O–H groups in total. The van der Waals surface area contributed by atoms with E-state index in [1.54, 1.807) is 29.5 Å². The largest absolute Gasteiger partial charge is 0.457 e. The summed E-state index contributed by atoms with van der Waals surface area (Å²) in [4.78, 5) is 12.3. The van der Waals surface area contributed by atoms with Crippen molar-refractivity contribution >= 4 is 27.4 Å². The Labute approximate surface area is 141 Å². The Morgan fingerprint density at radius 1 is 1.17 bits per heavy atom. The minimum Gasteiger partial charge on any atom is -0.457 e. The van der Waals surface area contributed by atoms with Crippen LogP contribution in [0.2, 0.25) is 0 Å². The van der Waals surface area contributed by atoms with Crippen LogP contribution in [0.25, 0.3) is 15.8 Å². The maximum absolute atomic E-state index is 12.3. The Morgan fingerprint density at radius 2 is 2.08 bits per heavy atom. The standard InChI is InChI=1S/C17H12N4O2S/c22-17(12-4-3-5-14(8-12)21-11-18-19-20-21)23-9-13-10-24-16-7-2-1-6-15(13)16/h1-8,10-11H,9H2. The Hall–Kier alpha value is -3.06. The minimum absolute atomic E-state index is 0.248. The van der Waals surface area contributed by atoms with Gasteiger partial charge in [0, 0.05) is 10.3 Å². The first kappa shape index (κ1) is 14.5. The zero-order valence-corrected chi connectivity index (χ0v) is 13.3. The van der Waals surface area contributed by atoms with Gasteiger partial charge in [0.1, 0.15) is 12.9 Å². The first-order valence-corrected chi connectivity index (χ1v) is 8.15. The van der Waals surface area contributed by atoms with Crippen LogP contribution in [-0.4, -0.2) is 26.2 Å². The number of nitrogens with zero attached hydrogens (tertiary/aromatic N) is 4. The van der Waals surface area contributed by atoms with Gasteiger partial charge in [0.25, 0.3) is 0 Å². The smallest absolute Gasteiger partial charge is 0.338 e. The van der Waals surface area contributed by atoms with Crippen LogP contribution in [0.3, 0.4) is 0 Å². The molecule has 0 aliphatic heterocycles. The number of esters is 1. The number of hydrogen-bond acceptors (Lipinski definition) is 6. The number of benzene rings is 2. The van der Waals surface area contributed by atoms with E-state index < -0.39 is 0 Å². The molecule has 0 unspecified atom stereocenters. The van der Waals surface area contributed by atoms with E-state index in [1.807, 2.05) is 29.6 Å². The van der Waals surface area contributed by atoms with Crippen LogP contribution in [0.4, 0.5) is 0 Å². The van der Waals surface area contributed by atoms with E-state index in [1.165, 1.54) is 15.7 Å². The maximum Gasteiger partial charge on any atom is 0.338 e. The summed E-state index contributed by atoms with van der Waals surface area (Å²) in [6, 6.07) is 15.1. The second-order valence-corrected chi connectivity index (χ2v) is 6.05. The van der Waals surface area contributed by atoms with Gasteiger partial charge in [0.05, 0.1) is 11.3 Å². The summed E-state index contributed by atoms with van der Waals surface area (Å²) < 4.78 is 8.13. The highest BCUT2D eigenvalue weighted by molar-refractivity contribution is 7.17. The quantitative estimate of drug-likeness (QED) is 0.535. The van der Waals surface area contributed by atoms with Gasteiger partial charge in [-0.1, -0.05) is 24.3 Å². The summed E-state index contributed by atoms with van der Waals surface area (Å²) in [5, 5.41) is 14.1. The van der Waals surface area contributed by atoms with Gasteiger partial charge < -0.3 is 4.74 Å². The first-order chi connectivity index (χ1) is 11.8. The summed E-state index contributed by atoms with van der Waals surface area (Å²) in [6.07, 6.45) is 1.47. The number of aromatic nitrogens is 4. The van der Waals surface area contributed by atoms with Crippen LogP contribution >= 0.6 is 11.3 Å². The number of carbonyl (C=O) groups is 1. The molecule has 0 amide bonds. The predicted octanol–water partition coefficient (Wildman–Crippen LogP) is 3.23. The topological polar surface area (TPSA) is 69.9 Å². The van der Waals surface area contributed by atoms with Crippen LogP contribution in [0.15, 0.2) is 60.2 Å². The third-order valence-corrected chi connectivity index (χ3v) is 4.63. The van der Waals surface area contributed by atoms with Crippen molar-refractivity contribution in [2.45, 2.75) is 6.61 Å². The Morgan fingerprint density at radius 3 is 2.96 bits per heavy atom.